The Labute approximate surface area is 133 Å². The molecular weight excluding hydrogens is 280 g/mol. The molecule has 0 aliphatic carbocycles. The van der Waals surface area contributed by atoms with Gasteiger partial charge in [0.15, 0.2) is 0 Å². The first-order valence-corrected chi connectivity index (χ1v) is 8.59. The van der Waals surface area contributed by atoms with E-state index in [1.807, 2.05) is 32.5 Å². The Morgan fingerprint density at radius 2 is 1.90 bits per heavy atom. The minimum Gasteiger partial charge on any atom is -0.368 e. The first kappa shape index (κ1) is 18.1. The van der Waals surface area contributed by atoms with Crippen molar-refractivity contribution in [2.24, 2.45) is 5.73 Å². The van der Waals surface area contributed by atoms with Crippen molar-refractivity contribution in [1.29, 1.82) is 0 Å². The number of carbonyl (C=O) groups excluding carboxylic acids is 1. The maximum atomic E-state index is 11.6. The van der Waals surface area contributed by atoms with Gasteiger partial charge in [-0.15, -0.1) is 11.8 Å². The van der Waals surface area contributed by atoms with Crippen molar-refractivity contribution in [3.8, 4) is 0 Å². The van der Waals surface area contributed by atoms with E-state index in [0.29, 0.717) is 0 Å². The van der Waals surface area contributed by atoms with E-state index in [0.717, 1.165) is 25.0 Å². The molecule has 3 nitrogen and oxygen atoms in total. The van der Waals surface area contributed by atoms with Crippen LogP contribution in [0.25, 0.3) is 0 Å². The van der Waals surface area contributed by atoms with Crippen molar-refractivity contribution < 1.29 is 4.79 Å². The molecule has 0 radical (unpaired) electrons. The van der Waals surface area contributed by atoms with E-state index >= 15 is 0 Å². The average molecular weight is 308 g/mol. The second-order valence-electron chi connectivity index (χ2n) is 6.11. The van der Waals surface area contributed by atoms with Gasteiger partial charge in [-0.1, -0.05) is 24.1 Å². The lowest BCUT2D eigenvalue weighted by molar-refractivity contribution is -0.124. The summed E-state index contributed by atoms with van der Waals surface area (Å²) in [7, 11) is 0. The van der Waals surface area contributed by atoms with Crippen LogP contribution in [0.2, 0.25) is 0 Å². The molecule has 1 atom stereocenters. The average Bonchev–Trinajstić information content (AvgIpc) is 2.39. The SMILES string of the molecule is Cc1ccc(SCCCCC(C)(NC(C)C)C(N)=O)cc1. The number of unbranched alkanes of at least 4 members (excludes halogenated alkanes) is 1. The molecular formula is C17H28N2OS. The topological polar surface area (TPSA) is 55.1 Å². The van der Waals surface area contributed by atoms with Gasteiger partial charge in [0.25, 0.3) is 0 Å². The van der Waals surface area contributed by atoms with Crippen LogP contribution in [0.5, 0.6) is 0 Å². The highest BCUT2D eigenvalue weighted by molar-refractivity contribution is 7.99. The fraction of sp³-hybridized carbons (Fsp3) is 0.588. The summed E-state index contributed by atoms with van der Waals surface area (Å²) >= 11 is 1.87. The van der Waals surface area contributed by atoms with E-state index in [9.17, 15) is 4.79 Å². The summed E-state index contributed by atoms with van der Waals surface area (Å²) in [6.07, 6.45) is 2.87. The maximum absolute atomic E-state index is 11.6. The number of thioether (sulfide) groups is 1. The van der Waals surface area contributed by atoms with Gasteiger partial charge in [0.2, 0.25) is 5.91 Å². The number of amides is 1. The largest absolute Gasteiger partial charge is 0.368 e. The quantitative estimate of drug-likeness (QED) is 0.542. The minimum atomic E-state index is -0.595. The molecule has 1 unspecified atom stereocenters. The predicted octanol–water partition coefficient (Wildman–Crippen LogP) is 3.50. The van der Waals surface area contributed by atoms with Gasteiger partial charge in [0.05, 0.1) is 5.54 Å². The van der Waals surface area contributed by atoms with Crippen LogP contribution < -0.4 is 11.1 Å². The molecule has 4 heteroatoms. The third-order valence-corrected chi connectivity index (χ3v) is 4.61. The summed E-state index contributed by atoms with van der Waals surface area (Å²) < 4.78 is 0. The van der Waals surface area contributed by atoms with Gasteiger partial charge in [-0.05, 0) is 58.4 Å². The molecule has 21 heavy (non-hydrogen) atoms. The van der Waals surface area contributed by atoms with Crippen molar-refractivity contribution in [3.05, 3.63) is 29.8 Å². The lowest BCUT2D eigenvalue weighted by Crippen LogP contribution is -2.55. The Morgan fingerprint density at radius 3 is 2.43 bits per heavy atom. The van der Waals surface area contributed by atoms with Crippen molar-refractivity contribution in [1.82, 2.24) is 5.32 Å². The van der Waals surface area contributed by atoms with Gasteiger partial charge in [0, 0.05) is 10.9 Å². The van der Waals surface area contributed by atoms with E-state index in [-0.39, 0.29) is 11.9 Å². The summed E-state index contributed by atoms with van der Waals surface area (Å²) in [5.74, 6) is 0.807. The van der Waals surface area contributed by atoms with Crippen molar-refractivity contribution in [3.63, 3.8) is 0 Å². The van der Waals surface area contributed by atoms with Gasteiger partial charge in [-0.2, -0.15) is 0 Å². The zero-order valence-corrected chi connectivity index (χ0v) is 14.4. The first-order valence-electron chi connectivity index (χ1n) is 7.60. The van der Waals surface area contributed by atoms with Gasteiger partial charge in [0.1, 0.15) is 0 Å². The molecule has 0 saturated carbocycles. The second-order valence-corrected chi connectivity index (χ2v) is 7.28. The number of nitrogens with one attached hydrogen (secondary N) is 1. The Balaban J connectivity index is 2.31. The molecule has 0 aliphatic heterocycles. The molecule has 118 valence electrons. The summed E-state index contributed by atoms with van der Waals surface area (Å²) in [5.41, 5.74) is 6.23. The normalized spacial score (nSPS) is 14.1. The van der Waals surface area contributed by atoms with Crippen LogP contribution in [0.3, 0.4) is 0 Å². The zero-order chi connectivity index (χ0) is 15.9. The van der Waals surface area contributed by atoms with Crippen LogP contribution in [-0.4, -0.2) is 23.2 Å². The van der Waals surface area contributed by atoms with Crippen LogP contribution in [0.4, 0.5) is 0 Å². The van der Waals surface area contributed by atoms with Crippen LogP contribution in [0, 0.1) is 6.92 Å². The van der Waals surface area contributed by atoms with Crippen LogP contribution in [0.15, 0.2) is 29.2 Å². The number of benzene rings is 1. The summed E-state index contributed by atoms with van der Waals surface area (Å²) in [4.78, 5) is 12.9. The highest BCUT2D eigenvalue weighted by atomic mass is 32.2. The van der Waals surface area contributed by atoms with E-state index in [1.54, 1.807) is 0 Å². The monoisotopic (exact) mass is 308 g/mol. The highest BCUT2D eigenvalue weighted by Gasteiger charge is 2.30. The molecule has 0 spiro atoms. The van der Waals surface area contributed by atoms with Crippen molar-refractivity contribution in [2.45, 2.75) is 63.4 Å². The van der Waals surface area contributed by atoms with Crippen LogP contribution in [0.1, 0.15) is 45.6 Å². The van der Waals surface area contributed by atoms with Gasteiger partial charge in [-0.25, -0.2) is 0 Å². The van der Waals surface area contributed by atoms with Gasteiger partial charge >= 0.3 is 0 Å². The van der Waals surface area contributed by atoms with Gasteiger partial charge < -0.3 is 11.1 Å². The Bertz CT molecular complexity index is 445. The molecule has 0 heterocycles. The predicted molar refractivity (Wildman–Crippen MR) is 91.6 cm³/mol. The Hall–Kier alpha value is -1.00. The number of primary amides is 1. The summed E-state index contributed by atoms with van der Waals surface area (Å²) in [5, 5.41) is 3.29. The molecule has 0 aromatic heterocycles. The van der Waals surface area contributed by atoms with Crippen molar-refractivity contribution >= 4 is 17.7 Å². The fourth-order valence-electron chi connectivity index (χ4n) is 2.31. The molecule has 0 bridgehead atoms. The standard InChI is InChI=1S/C17H28N2OS/c1-13(2)19-17(4,16(18)20)11-5-6-12-21-15-9-7-14(3)8-10-15/h7-10,13,19H,5-6,11-12H2,1-4H3,(H2,18,20). The molecule has 0 fully saturated rings. The summed E-state index contributed by atoms with van der Waals surface area (Å²) in [6, 6.07) is 8.85. The zero-order valence-electron chi connectivity index (χ0n) is 13.6. The number of aryl methyl sites for hydroxylation is 1. The molecule has 1 rings (SSSR count). The Kier molecular flexibility index (Phi) is 7.26. The number of hydrogen-bond acceptors (Lipinski definition) is 3. The molecule has 3 N–H and O–H groups in total. The van der Waals surface area contributed by atoms with E-state index < -0.39 is 5.54 Å². The molecule has 1 amide bonds. The number of nitrogens with two attached hydrogens (primary N) is 1. The Morgan fingerprint density at radius 1 is 1.29 bits per heavy atom. The smallest absolute Gasteiger partial charge is 0.237 e. The van der Waals surface area contributed by atoms with E-state index in [1.165, 1.54) is 10.5 Å². The third kappa shape index (κ3) is 6.53. The van der Waals surface area contributed by atoms with Crippen LogP contribution >= 0.6 is 11.8 Å². The lowest BCUT2D eigenvalue weighted by Gasteiger charge is -2.29. The first-order chi connectivity index (χ1) is 9.83. The lowest BCUT2D eigenvalue weighted by atomic mass is 9.93. The maximum Gasteiger partial charge on any atom is 0.237 e. The number of carbonyl (C=O) groups is 1. The van der Waals surface area contributed by atoms with E-state index in [2.05, 4.69) is 36.5 Å². The molecule has 1 aromatic rings. The third-order valence-electron chi connectivity index (χ3n) is 3.51. The van der Waals surface area contributed by atoms with Crippen LogP contribution in [-0.2, 0) is 4.79 Å². The van der Waals surface area contributed by atoms with E-state index in [4.69, 9.17) is 5.73 Å². The second kappa shape index (κ2) is 8.44. The molecule has 0 aliphatic rings. The minimum absolute atomic E-state index is 0.254. The number of rotatable bonds is 9. The molecule has 1 aromatic carbocycles. The highest BCUT2D eigenvalue weighted by Crippen LogP contribution is 2.21. The fourth-order valence-corrected chi connectivity index (χ4v) is 3.22. The summed E-state index contributed by atoms with van der Waals surface area (Å²) in [6.45, 7) is 8.08. The van der Waals surface area contributed by atoms with Crippen molar-refractivity contribution in [2.75, 3.05) is 5.75 Å². The van der Waals surface area contributed by atoms with Gasteiger partial charge in [-0.3, -0.25) is 4.79 Å². The number of hydrogen-bond donors (Lipinski definition) is 2. The molecule has 0 saturated heterocycles.